The first-order valence-corrected chi connectivity index (χ1v) is 10.8. The van der Waals surface area contributed by atoms with Crippen LogP contribution < -0.4 is 14.4 Å². The maximum atomic E-state index is 12.7. The van der Waals surface area contributed by atoms with E-state index in [0.29, 0.717) is 29.0 Å². The van der Waals surface area contributed by atoms with Gasteiger partial charge in [-0.1, -0.05) is 36.9 Å². The zero-order valence-corrected chi connectivity index (χ0v) is 17.8. The molecule has 154 valence electrons. The Balaban J connectivity index is 1.87. The van der Waals surface area contributed by atoms with Gasteiger partial charge in [-0.2, -0.15) is 4.98 Å². The SMILES string of the molecule is CCOc1ccc([C@H]2Oc3nc(SCC)nnc3-c3ccccc3N2C(C)=O)cc1. The Morgan fingerprint density at radius 1 is 1.13 bits per heavy atom. The molecule has 1 aliphatic rings. The second-order valence-corrected chi connectivity index (χ2v) is 7.79. The minimum absolute atomic E-state index is 0.148. The molecule has 1 aliphatic heterocycles. The number of nitrogens with zero attached hydrogens (tertiary/aromatic N) is 4. The number of aromatic nitrogens is 3. The second-order valence-electron chi connectivity index (χ2n) is 6.56. The standard InChI is InChI=1S/C22H22N4O3S/c1-4-28-16-12-10-15(11-13-16)21-26(14(3)27)18-9-7-6-8-17(18)19-20(29-21)23-22(25-24-19)30-5-2/h6-13,21H,4-5H2,1-3H3/t21-/m1/s1. The Morgan fingerprint density at radius 3 is 2.60 bits per heavy atom. The van der Waals surface area contributed by atoms with Crippen molar-refractivity contribution in [1.29, 1.82) is 0 Å². The second kappa shape index (κ2) is 8.71. The molecule has 8 heteroatoms. The maximum absolute atomic E-state index is 12.7. The Bertz CT molecular complexity index is 1060. The zero-order valence-electron chi connectivity index (χ0n) is 17.0. The normalized spacial score (nSPS) is 14.9. The average Bonchev–Trinajstić information content (AvgIpc) is 2.89. The molecule has 0 fully saturated rings. The number of carbonyl (C=O) groups is 1. The number of amides is 1. The molecule has 0 N–H and O–H groups in total. The number of ether oxygens (including phenoxy) is 2. The average molecular weight is 423 g/mol. The van der Waals surface area contributed by atoms with Crippen molar-refractivity contribution in [2.24, 2.45) is 0 Å². The summed E-state index contributed by atoms with van der Waals surface area (Å²) < 4.78 is 11.9. The molecule has 1 aromatic heterocycles. The number of benzene rings is 2. The molecule has 1 atom stereocenters. The molecule has 2 heterocycles. The largest absolute Gasteiger partial charge is 0.494 e. The molecule has 0 bridgehead atoms. The number of fused-ring (bicyclic) bond motifs is 3. The molecule has 0 saturated heterocycles. The minimum atomic E-state index is -0.697. The highest BCUT2D eigenvalue weighted by Gasteiger charge is 2.34. The molecule has 0 unspecified atom stereocenters. The quantitative estimate of drug-likeness (QED) is 0.561. The zero-order chi connectivity index (χ0) is 21.1. The lowest BCUT2D eigenvalue weighted by Crippen LogP contribution is -2.36. The van der Waals surface area contributed by atoms with Crippen molar-refractivity contribution < 1.29 is 14.3 Å². The lowest BCUT2D eigenvalue weighted by molar-refractivity contribution is -0.118. The number of thioether (sulfide) groups is 1. The molecule has 0 saturated carbocycles. The molecule has 7 nitrogen and oxygen atoms in total. The Kier molecular flexibility index (Phi) is 5.85. The van der Waals surface area contributed by atoms with E-state index in [9.17, 15) is 4.79 Å². The van der Waals surface area contributed by atoms with E-state index in [0.717, 1.165) is 22.6 Å². The number of carbonyl (C=O) groups excluding carboxylic acids is 1. The van der Waals surface area contributed by atoms with Crippen molar-refractivity contribution in [2.45, 2.75) is 32.2 Å². The van der Waals surface area contributed by atoms with E-state index in [4.69, 9.17) is 9.47 Å². The fourth-order valence-electron chi connectivity index (χ4n) is 3.36. The van der Waals surface area contributed by atoms with E-state index in [1.165, 1.54) is 18.7 Å². The van der Waals surface area contributed by atoms with E-state index in [1.54, 1.807) is 4.90 Å². The highest BCUT2D eigenvalue weighted by Crippen LogP contribution is 2.43. The van der Waals surface area contributed by atoms with Gasteiger partial charge >= 0.3 is 0 Å². The summed E-state index contributed by atoms with van der Waals surface area (Å²) >= 11 is 1.49. The summed E-state index contributed by atoms with van der Waals surface area (Å²) in [6, 6.07) is 15.1. The van der Waals surface area contributed by atoms with Gasteiger partial charge in [-0.25, -0.2) is 0 Å². The van der Waals surface area contributed by atoms with Crippen LogP contribution in [0, 0.1) is 0 Å². The summed E-state index contributed by atoms with van der Waals surface area (Å²) in [7, 11) is 0. The molecule has 0 spiro atoms. The summed E-state index contributed by atoms with van der Waals surface area (Å²) in [5.41, 5.74) is 2.78. The van der Waals surface area contributed by atoms with Gasteiger partial charge in [0.05, 0.1) is 12.3 Å². The summed E-state index contributed by atoms with van der Waals surface area (Å²) in [6.07, 6.45) is -0.697. The van der Waals surface area contributed by atoms with Crippen LogP contribution >= 0.6 is 11.8 Å². The topological polar surface area (TPSA) is 77.4 Å². The van der Waals surface area contributed by atoms with Gasteiger partial charge in [-0.3, -0.25) is 9.69 Å². The van der Waals surface area contributed by atoms with Gasteiger partial charge in [0.15, 0.2) is 5.69 Å². The van der Waals surface area contributed by atoms with Crippen LogP contribution in [0.4, 0.5) is 5.69 Å². The predicted molar refractivity (Wildman–Crippen MR) is 116 cm³/mol. The van der Waals surface area contributed by atoms with Crippen molar-refractivity contribution in [3.63, 3.8) is 0 Å². The molecule has 30 heavy (non-hydrogen) atoms. The third-order valence-electron chi connectivity index (χ3n) is 4.60. The number of rotatable bonds is 5. The van der Waals surface area contributed by atoms with Crippen LogP contribution in [0.5, 0.6) is 11.6 Å². The van der Waals surface area contributed by atoms with Crippen molar-refractivity contribution >= 4 is 23.4 Å². The molecule has 2 aromatic carbocycles. The number of hydrogen-bond donors (Lipinski definition) is 0. The summed E-state index contributed by atoms with van der Waals surface area (Å²) in [4.78, 5) is 19.0. The number of anilines is 1. The third-order valence-corrected chi connectivity index (χ3v) is 5.32. The monoisotopic (exact) mass is 422 g/mol. The Labute approximate surface area is 179 Å². The van der Waals surface area contributed by atoms with Crippen LogP contribution in [0.3, 0.4) is 0 Å². The van der Waals surface area contributed by atoms with Crippen molar-refractivity contribution in [2.75, 3.05) is 17.3 Å². The first kappa shape index (κ1) is 20.2. The Hall–Kier alpha value is -3.13. The van der Waals surface area contributed by atoms with Gasteiger partial charge in [-0.05, 0) is 43.0 Å². The number of hydrogen-bond acceptors (Lipinski definition) is 7. The van der Waals surface area contributed by atoms with Gasteiger partial charge in [0.25, 0.3) is 0 Å². The summed E-state index contributed by atoms with van der Waals surface area (Å²) in [5.74, 6) is 1.79. The van der Waals surface area contributed by atoms with Crippen molar-refractivity contribution in [3.8, 4) is 22.9 Å². The van der Waals surface area contributed by atoms with Crippen molar-refractivity contribution in [1.82, 2.24) is 15.2 Å². The van der Waals surface area contributed by atoms with E-state index in [1.807, 2.05) is 62.4 Å². The van der Waals surface area contributed by atoms with Crippen LogP contribution in [0.25, 0.3) is 11.3 Å². The lowest BCUT2D eigenvalue weighted by atomic mass is 10.1. The van der Waals surface area contributed by atoms with Crippen LogP contribution in [-0.2, 0) is 4.79 Å². The van der Waals surface area contributed by atoms with E-state index in [2.05, 4.69) is 15.2 Å². The summed E-state index contributed by atoms with van der Waals surface area (Å²) in [5, 5.41) is 9.14. The maximum Gasteiger partial charge on any atom is 0.247 e. The van der Waals surface area contributed by atoms with Gasteiger partial charge in [-0.15, -0.1) is 10.2 Å². The van der Waals surface area contributed by atoms with Crippen LogP contribution in [-0.4, -0.2) is 33.4 Å². The van der Waals surface area contributed by atoms with Gasteiger partial charge < -0.3 is 9.47 Å². The molecular weight excluding hydrogens is 400 g/mol. The molecular formula is C22H22N4O3S. The van der Waals surface area contributed by atoms with E-state index < -0.39 is 6.23 Å². The fourth-order valence-corrected chi connectivity index (χ4v) is 3.86. The molecule has 3 aromatic rings. The van der Waals surface area contributed by atoms with Gasteiger partial charge in [0.1, 0.15) is 5.75 Å². The highest BCUT2D eigenvalue weighted by molar-refractivity contribution is 7.99. The number of para-hydroxylation sites is 1. The highest BCUT2D eigenvalue weighted by atomic mass is 32.2. The molecule has 0 radical (unpaired) electrons. The first-order chi connectivity index (χ1) is 14.6. The van der Waals surface area contributed by atoms with Gasteiger partial charge in [0.2, 0.25) is 23.2 Å². The van der Waals surface area contributed by atoms with E-state index >= 15 is 0 Å². The Morgan fingerprint density at radius 2 is 1.90 bits per heavy atom. The molecule has 1 amide bonds. The summed E-state index contributed by atoms with van der Waals surface area (Å²) in [6.45, 7) is 6.07. The van der Waals surface area contributed by atoms with Gasteiger partial charge in [0, 0.05) is 18.1 Å². The predicted octanol–water partition coefficient (Wildman–Crippen LogP) is 4.49. The first-order valence-electron chi connectivity index (χ1n) is 9.78. The fraction of sp³-hybridized carbons (Fsp3) is 0.273. The smallest absolute Gasteiger partial charge is 0.247 e. The van der Waals surface area contributed by atoms with Crippen LogP contribution in [0.15, 0.2) is 53.7 Å². The van der Waals surface area contributed by atoms with Crippen LogP contribution in [0.1, 0.15) is 32.6 Å². The minimum Gasteiger partial charge on any atom is -0.494 e. The lowest BCUT2D eigenvalue weighted by Gasteiger charge is -2.30. The molecule has 0 aliphatic carbocycles. The third kappa shape index (κ3) is 3.82. The van der Waals surface area contributed by atoms with Crippen molar-refractivity contribution in [3.05, 3.63) is 54.1 Å². The molecule has 4 rings (SSSR count). The van der Waals surface area contributed by atoms with E-state index in [-0.39, 0.29) is 5.91 Å². The van der Waals surface area contributed by atoms with Crippen LogP contribution in [0.2, 0.25) is 0 Å².